The summed E-state index contributed by atoms with van der Waals surface area (Å²) < 4.78 is 2.20. The van der Waals surface area contributed by atoms with Gasteiger partial charge in [-0.1, -0.05) is 92.7 Å². The number of carbonyl (C=O) groups is 3. The van der Waals surface area contributed by atoms with E-state index in [0.717, 1.165) is 58.6 Å². The SMILES string of the molecule is CCN1C(=O)C(C2=C(C=CC3=[N+](C)c4ccc(C(=O)c5ccccc5)cc4C3(C)C)CCCC2C=CC2N(C)c3ccc(C(=O)c4ccccc4)cc3C2(C)C)C(O)N(CC)C1=S. The molecule has 3 heterocycles. The number of carbonyl (C=O) groups excluding carboxylic acids is 3. The molecule has 8 rings (SSSR count). The normalized spacial score (nSPS) is 23.0. The van der Waals surface area contributed by atoms with Gasteiger partial charge in [-0.15, -0.1) is 0 Å². The summed E-state index contributed by atoms with van der Waals surface area (Å²) in [5, 5.41) is 12.5. The van der Waals surface area contributed by atoms with E-state index in [1.807, 2.05) is 98.8 Å². The molecule has 1 N–H and O–H groups in total. The molecule has 4 aromatic carbocycles. The van der Waals surface area contributed by atoms with Crippen molar-refractivity contribution in [2.75, 3.05) is 32.1 Å². The average Bonchev–Trinajstić information content (AvgIpc) is 3.60. The highest BCUT2D eigenvalue weighted by molar-refractivity contribution is 7.80. The minimum atomic E-state index is -1.11. The molecule has 3 aliphatic heterocycles. The molecule has 324 valence electrons. The van der Waals surface area contributed by atoms with E-state index in [1.165, 1.54) is 0 Å². The standard InChI is InChI=1S/C54H59N4O4S/c1-9-57-50(61)47(51(62)58(10-2)52(57)63)46-34(26-30-44-53(3,4)40-32-38(24-28-42(40)55(44)7)48(59)36-18-13-11-14-19-36)22-17-23-35(46)27-31-45-54(5,6)41-33-39(25-29-43(41)56(45)8)49(60)37-20-15-12-16-21-37/h11-16,18-21,24-34,44,47,50,61H,9-10,17,22-23H2,1-8H3/q+1. The molecule has 8 nitrogen and oxygen atoms in total. The van der Waals surface area contributed by atoms with Crippen LogP contribution in [0.15, 0.2) is 133 Å². The molecular weight excluding hydrogens is 801 g/mol. The van der Waals surface area contributed by atoms with Crippen molar-refractivity contribution in [3.8, 4) is 0 Å². The summed E-state index contributed by atoms with van der Waals surface area (Å²) >= 11 is 5.78. The quantitative estimate of drug-likeness (QED) is 0.0697. The van der Waals surface area contributed by atoms with Crippen LogP contribution in [0.1, 0.15) is 104 Å². The third-order valence-electron chi connectivity index (χ3n) is 14.2. The molecule has 0 spiro atoms. The number of fused-ring (bicyclic) bond motifs is 2. The van der Waals surface area contributed by atoms with Crippen LogP contribution >= 0.6 is 12.2 Å². The van der Waals surface area contributed by atoms with Gasteiger partial charge < -0.3 is 14.9 Å². The van der Waals surface area contributed by atoms with Crippen LogP contribution in [0.5, 0.6) is 0 Å². The fraction of sp³-hybridized carbons (Fsp3) is 0.352. The number of hydrogen-bond acceptors (Lipinski definition) is 6. The number of rotatable bonds is 11. The Hall–Kier alpha value is -5.77. The van der Waals surface area contributed by atoms with E-state index in [1.54, 1.807) is 9.80 Å². The number of allylic oxidation sites excluding steroid dienone is 4. The van der Waals surface area contributed by atoms with Gasteiger partial charge in [0.15, 0.2) is 22.4 Å². The summed E-state index contributed by atoms with van der Waals surface area (Å²) in [6, 6.07) is 30.8. The van der Waals surface area contributed by atoms with Gasteiger partial charge in [0.05, 0.1) is 11.5 Å². The maximum Gasteiger partial charge on any atom is 0.240 e. The second kappa shape index (κ2) is 17.1. The van der Waals surface area contributed by atoms with Gasteiger partial charge in [0.2, 0.25) is 11.6 Å². The van der Waals surface area contributed by atoms with Gasteiger partial charge in [0, 0.05) is 71.2 Å². The molecule has 4 aromatic rings. The molecule has 63 heavy (non-hydrogen) atoms. The molecule has 1 fully saturated rings. The molecule has 4 aliphatic rings. The monoisotopic (exact) mass is 859 g/mol. The molecule has 0 aromatic heterocycles. The van der Waals surface area contributed by atoms with E-state index in [0.29, 0.717) is 40.5 Å². The lowest BCUT2D eigenvalue weighted by atomic mass is 9.73. The molecule has 9 heteroatoms. The van der Waals surface area contributed by atoms with E-state index in [-0.39, 0.29) is 34.8 Å². The van der Waals surface area contributed by atoms with E-state index >= 15 is 0 Å². The van der Waals surface area contributed by atoms with E-state index in [4.69, 9.17) is 12.2 Å². The number of thiocarbonyl (C=S) groups is 1. The van der Waals surface area contributed by atoms with Crippen molar-refractivity contribution in [2.45, 2.75) is 83.9 Å². The Bertz CT molecular complexity index is 2620. The Kier molecular flexibility index (Phi) is 11.9. The van der Waals surface area contributed by atoms with Crippen LogP contribution in [0.4, 0.5) is 11.4 Å². The first kappa shape index (κ1) is 43.9. The smallest absolute Gasteiger partial charge is 0.240 e. The van der Waals surface area contributed by atoms with Crippen LogP contribution in [0, 0.1) is 11.8 Å². The molecule has 4 atom stereocenters. The van der Waals surface area contributed by atoms with Gasteiger partial charge in [0.25, 0.3) is 0 Å². The van der Waals surface area contributed by atoms with Gasteiger partial charge >= 0.3 is 0 Å². The number of hydrogen-bond donors (Lipinski definition) is 1. The predicted octanol–water partition coefficient (Wildman–Crippen LogP) is 9.56. The van der Waals surface area contributed by atoms with E-state index in [2.05, 4.69) is 87.7 Å². The first-order valence-electron chi connectivity index (χ1n) is 22.3. The number of likely N-dealkylation sites (N-methyl/N-ethyl adjacent to an activating group) is 1. The Morgan fingerprint density at radius 3 is 2.02 bits per heavy atom. The summed E-state index contributed by atoms with van der Waals surface area (Å²) in [7, 11) is 4.18. The van der Waals surface area contributed by atoms with Crippen LogP contribution in [-0.2, 0) is 15.6 Å². The Morgan fingerprint density at radius 2 is 1.41 bits per heavy atom. The predicted molar refractivity (Wildman–Crippen MR) is 256 cm³/mol. The molecule has 1 aliphatic carbocycles. The number of ketones is 2. The highest BCUT2D eigenvalue weighted by atomic mass is 32.1. The summed E-state index contributed by atoms with van der Waals surface area (Å²) in [4.78, 5) is 47.4. The van der Waals surface area contributed by atoms with Crippen LogP contribution in [0.25, 0.3) is 0 Å². The largest absolute Gasteiger partial charge is 0.372 e. The van der Waals surface area contributed by atoms with Crippen molar-refractivity contribution >= 4 is 51.9 Å². The summed E-state index contributed by atoms with van der Waals surface area (Å²) in [6.45, 7) is 13.6. The van der Waals surface area contributed by atoms with Crippen molar-refractivity contribution < 1.29 is 24.1 Å². The van der Waals surface area contributed by atoms with E-state index in [9.17, 15) is 19.5 Å². The van der Waals surface area contributed by atoms with Crippen molar-refractivity contribution in [1.29, 1.82) is 0 Å². The van der Waals surface area contributed by atoms with Gasteiger partial charge in [-0.2, -0.15) is 4.58 Å². The Labute approximate surface area is 377 Å². The highest BCUT2D eigenvalue weighted by Crippen LogP contribution is 2.47. The van der Waals surface area contributed by atoms with Gasteiger partial charge in [0.1, 0.15) is 19.2 Å². The first-order chi connectivity index (χ1) is 30.1. The number of anilines is 1. The van der Waals surface area contributed by atoms with Gasteiger partial charge in [-0.05, 0) is 112 Å². The molecule has 1 saturated heterocycles. The van der Waals surface area contributed by atoms with Crippen LogP contribution in [-0.4, -0.2) is 87.2 Å². The highest BCUT2D eigenvalue weighted by Gasteiger charge is 2.48. The number of aliphatic hydroxyl groups excluding tert-OH is 1. The summed E-state index contributed by atoms with van der Waals surface area (Å²) in [5.41, 5.74) is 9.27. The lowest BCUT2D eigenvalue weighted by molar-refractivity contribution is -0.401. The second-order valence-electron chi connectivity index (χ2n) is 18.4. The van der Waals surface area contributed by atoms with Crippen molar-refractivity contribution in [1.82, 2.24) is 9.80 Å². The molecule has 0 saturated carbocycles. The maximum atomic E-state index is 14.6. The van der Waals surface area contributed by atoms with Gasteiger partial charge in [-0.25, -0.2) is 0 Å². The topological polar surface area (TPSA) is 84.2 Å². The maximum absolute atomic E-state index is 14.6. The van der Waals surface area contributed by atoms with E-state index < -0.39 is 17.6 Å². The number of aliphatic hydroxyl groups is 1. The minimum absolute atomic E-state index is 0.00277. The van der Waals surface area contributed by atoms with Crippen molar-refractivity contribution in [2.24, 2.45) is 11.8 Å². The molecule has 0 radical (unpaired) electrons. The molecule has 4 unspecified atom stereocenters. The fourth-order valence-corrected chi connectivity index (χ4v) is 11.1. The Morgan fingerprint density at radius 1 is 0.810 bits per heavy atom. The number of amides is 1. The summed E-state index contributed by atoms with van der Waals surface area (Å²) in [5.74, 6) is -1.11. The fourth-order valence-electron chi connectivity index (χ4n) is 10.7. The van der Waals surface area contributed by atoms with Crippen molar-refractivity contribution in [3.05, 3.63) is 166 Å². The van der Waals surface area contributed by atoms with Crippen LogP contribution < -0.4 is 4.90 Å². The third kappa shape index (κ3) is 7.53. The molecular formula is C54H59N4O4S+. The van der Waals surface area contributed by atoms with Crippen LogP contribution in [0.3, 0.4) is 0 Å². The number of nitrogens with zero attached hydrogens (tertiary/aromatic N) is 4. The first-order valence-corrected chi connectivity index (χ1v) is 22.7. The zero-order valence-electron chi connectivity index (χ0n) is 37.8. The summed E-state index contributed by atoms with van der Waals surface area (Å²) in [6.07, 6.45) is 10.3. The van der Waals surface area contributed by atoms with Crippen molar-refractivity contribution in [3.63, 3.8) is 0 Å². The second-order valence-corrected chi connectivity index (χ2v) is 18.8. The van der Waals surface area contributed by atoms with Crippen LogP contribution in [0.2, 0.25) is 0 Å². The lowest BCUT2D eigenvalue weighted by Crippen LogP contribution is -2.62. The lowest BCUT2D eigenvalue weighted by Gasteiger charge is -2.46. The zero-order chi connectivity index (χ0) is 45.0. The minimum Gasteiger partial charge on any atom is -0.372 e. The molecule has 1 amide bonds. The third-order valence-corrected chi connectivity index (χ3v) is 14.6. The molecule has 0 bridgehead atoms. The average molecular weight is 860 g/mol. The zero-order valence-corrected chi connectivity index (χ0v) is 38.6. The Balaban J connectivity index is 1.17. The van der Waals surface area contributed by atoms with Gasteiger partial charge in [-0.3, -0.25) is 19.3 Å². The number of benzene rings is 4.